The smallest absolute Gasteiger partial charge is 0.282 e. The van der Waals surface area contributed by atoms with Crippen molar-refractivity contribution in [3.63, 3.8) is 0 Å². The third-order valence-corrected chi connectivity index (χ3v) is 5.15. The summed E-state index contributed by atoms with van der Waals surface area (Å²) >= 11 is 0. The van der Waals surface area contributed by atoms with Crippen LogP contribution in [0.5, 0.6) is 11.5 Å². The molecule has 0 saturated heterocycles. The molecule has 3 aromatic rings. The van der Waals surface area contributed by atoms with Crippen LogP contribution in [0.1, 0.15) is 12.5 Å². The van der Waals surface area contributed by atoms with Crippen molar-refractivity contribution < 1.29 is 9.47 Å². The quantitative estimate of drug-likeness (QED) is 0.464. The molecule has 0 spiro atoms. The number of nitrogens with zero attached hydrogens (tertiary/aromatic N) is 4. The van der Waals surface area contributed by atoms with Crippen molar-refractivity contribution in [2.75, 3.05) is 46.8 Å². The monoisotopic (exact) mass is 423 g/mol. The number of aromatic nitrogens is 2. The fourth-order valence-electron chi connectivity index (χ4n) is 3.12. The maximum atomic E-state index is 12.6. The van der Waals surface area contributed by atoms with Crippen LogP contribution in [0.4, 0.5) is 11.6 Å². The molecular formula is C23H29N5O3. The Morgan fingerprint density at radius 2 is 1.81 bits per heavy atom. The first kappa shape index (κ1) is 22.1. The summed E-state index contributed by atoms with van der Waals surface area (Å²) in [4.78, 5) is 28.6. The minimum Gasteiger partial charge on any atom is -0.493 e. The van der Waals surface area contributed by atoms with Gasteiger partial charge in [-0.2, -0.15) is 4.98 Å². The zero-order chi connectivity index (χ0) is 22.5. The highest BCUT2D eigenvalue weighted by molar-refractivity contribution is 5.83. The fraction of sp³-hybridized carbons (Fsp3) is 0.348. The fourth-order valence-corrected chi connectivity index (χ4v) is 3.12. The molecule has 0 fully saturated rings. The summed E-state index contributed by atoms with van der Waals surface area (Å²) in [5.41, 5.74) is 2.42. The summed E-state index contributed by atoms with van der Waals surface area (Å²) < 4.78 is 10.6. The van der Waals surface area contributed by atoms with Gasteiger partial charge < -0.3 is 24.3 Å². The third kappa shape index (κ3) is 5.14. The number of fused-ring (bicyclic) bond motifs is 1. The van der Waals surface area contributed by atoms with Gasteiger partial charge in [-0.05, 0) is 37.1 Å². The zero-order valence-electron chi connectivity index (χ0n) is 18.9. The number of benzene rings is 2. The SMILES string of the molecule is COc1cc2[nH]c(N(C)CCc3cccc(N=C(C)N(C)C)c3)nc(=O)c2cc1OC. The Morgan fingerprint density at radius 3 is 2.48 bits per heavy atom. The average molecular weight is 424 g/mol. The van der Waals surface area contributed by atoms with Gasteiger partial charge in [-0.15, -0.1) is 0 Å². The van der Waals surface area contributed by atoms with Gasteiger partial charge in [-0.1, -0.05) is 12.1 Å². The maximum Gasteiger partial charge on any atom is 0.282 e. The van der Waals surface area contributed by atoms with E-state index >= 15 is 0 Å². The van der Waals surface area contributed by atoms with Gasteiger partial charge in [0.25, 0.3) is 5.56 Å². The van der Waals surface area contributed by atoms with Gasteiger partial charge in [0.05, 0.1) is 30.8 Å². The topological polar surface area (TPSA) is 83.0 Å². The largest absolute Gasteiger partial charge is 0.493 e. The number of nitrogens with one attached hydrogen (secondary N) is 1. The number of amidine groups is 1. The van der Waals surface area contributed by atoms with Crippen LogP contribution >= 0.6 is 0 Å². The van der Waals surface area contributed by atoms with Crippen molar-refractivity contribution in [1.29, 1.82) is 0 Å². The molecule has 1 aromatic heterocycles. The number of hydrogen-bond acceptors (Lipinski definition) is 6. The average Bonchev–Trinajstić information content (AvgIpc) is 2.76. The first-order valence-electron chi connectivity index (χ1n) is 10.0. The van der Waals surface area contributed by atoms with Crippen molar-refractivity contribution in [3.05, 3.63) is 52.3 Å². The number of H-pyrrole nitrogens is 1. The van der Waals surface area contributed by atoms with Crippen LogP contribution in [-0.4, -0.2) is 62.6 Å². The van der Waals surface area contributed by atoms with E-state index < -0.39 is 0 Å². The molecule has 0 bridgehead atoms. The van der Waals surface area contributed by atoms with Crippen LogP contribution in [0, 0.1) is 0 Å². The van der Waals surface area contributed by atoms with Gasteiger partial charge in [0.2, 0.25) is 5.95 Å². The number of rotatable bonds is 7. The van der Waals surface area contributed by atoms with Crippen LogP contribution in [-0.2, 0) is 6.42 Å². The Bertz CT molecular complexity index is 1150. The molecule has 8 heteroatoms. The lowest BCUT2D eigenvalue weighted by Crippen LogP contribution is -2.25. The molecule has 0 aliphatic carbocycles. The van der Waals surface area contributed by atoms with E-state index in [-0.39, 0.29) is 5.56 Å². The van der Waals surface area contributed by atoms with Crippen molar-refractivity contribution in [2.45, 2.75) is 13.3 Å². The standard InChI is InChI=1S/C23H29N5O3/c1-15(27(2)3)24-17-9-7-8-16(12-17)10-11-28(4)23-25-19-14-21(31-6)20(30-5)13-18(19)22(29)26-23/h7-9,12-14H,10-11H2,1-6H3,(H,25,26,29). The van der Waals surface area contributed by atoms with Crippen LogP contribution in [0.3, 0.4) is 0 Å². The molecule has 0 aliphatic rings. The lowest BCUT2D eigenvalue weighted by molar-refractivity contribution is 0.355. The summed E-state index contributed by atoms with van der Waals surface area (Å²) in [7, 11) is 8.95. The molecule has 8 nitrogen and oxygen atoms in total. The predicted molar refractivity (Wildman–Crippen MR) is 125 cm³/mol. The number of anilines is 1. The van der Waals surface area contributed by atoms with Crippen LogP contribution in [0.2, 0.25) is 0 Å². The van der Waals surface area contributed by atoms with Crippen molar-refractivity contribution in [3.8, 4) is 11.5 Å². The van der Waals surface area contributed by atoms with E-state index in [0.29, 0.717) is 34.9 Å². The number of likely N-dealkylation sites (N-methyl/N-ethyl adjacent to an activating group) is 1. The highest BCUT2D eigenvalue weighted by Gasteiger charge is 2.13. The zero-order valence-corrected chi connectivity index (χ0v) is 18.9. The van der Waals surface area contributed by atoms with Gasteiger partial charge in [0, 0.05) is 33.8 Å². The van der Waals surface area contributed by atoms with E-state index in [1.165, 1.54) is 7.11 Å². The minimum absolute atomic E-state index is 0.313. The molecule has 0 amide bonds. The van der Waals surface area contributed by atoms with Crippen LogP contribution in [0.15, 0.2) is 46.2 Å². The Morgan fingerprint density at radius 1 is 1.10 bits per heavy atom. The summed E-state index contributed by atoms with van der Waals surface area (Å²) in [6.07, 6.45) is 0.786. The van der Waals surface area contributed by atoms with Gasteiger partial charge in [0.1, 0.15) is 5.84 Å². The molecule has 1 heterocycles. The first-order chi connectivity index (χ1) is 14.8. The van der Waals surface area contributed by atoms with E-state index in [0.717, 1.165) is 23.5 Å². The molecule has 0 saturated carbocycles. The molecule has 2 aromatic carbocycles. The van der Waals surface area contributed by atoms with Gasteiger partial charge in [-0.25, -0.2) is 4.99 Å². The van der Waals surface area contributed by atoms with Crippen LogP contribution in [0.25, 0.3) is 10.9 Å². The number of aromatic amines is 1. The Balaban J connectivity index is 1.80. The van der Waals surface area contributed by atoms with Gasteiger partial charge >= 0.3 is 0 Å². The summed E-state index contributed by atoms with van der Waals surface area (Å²) in [6, 6.07) is 11.5. The Hall–Kier alpha value is -3.55. The number of ether oxygens (including phenoxy) is 2. The van der Waals surface area contributed by atoms with Crippen molar-refractivity contribution >= 4 is 28.4 Å². The predicted octanol–water partition coefficient (Wildman–Crippen LogP) is 3.23. The maximum absolute atomic E-state index is 12.6. The molecule has 31 heavy (non-hydrogen) atoms. The summed E-state index contributed by atoms with van der Waals surface area (Å²) in [6.45, 7) is 2.66. The molecule has 3 rings (SSSR count). The van der Waals surface area contributed by atoms with E-state index in [1.807, 2.05) is 50.0 Å². The Kier molecular flexibility index (Phi) is 6.79. The highest BCUT2D eigenvalue weighted by Crippen LogP contribution is 2.30. The number of aliphatic imine (C=N–C) groups is 1. The van der Waals surface area contributed by atoms with Gasteiger partial charge in [-0.3, -0.25) is 4.79 Å². The third-order valence-electron chi connectivity index (χ3n) is 5.15. The second kappa shape index (κ2) is 9.51. The number of hydrogen-bond donors (Lipinski definition) is 1. The summed E-state index contributed by atoms with van der Waals surface area (Å²) in [5.74, 6) is 2.49. The lowest BCUT2D eigenvalue weighted by atomic mass is 10.1. The molecule has 0 aliphatic heterocycles. The van der Waals surface area contributed by atoms with Crippen LogP contribution < -0.4 is 19.9 Å². The molecule has 164 valence electrons. The van der Waals surface area contributed by atoms with Crippen molar-refractivity contribution in [1.82, 2.24) is 14.9 Å². The van der Waals surface area contributed by atoms with Gasteiger partial charge in [0.15, 0.2) is 11.5 Å². The highest BCUT2D eigenvalue weighted by atomic mass is 16.5. The number of methoxy groups -OCH3 is 2. The lowest BCUT2D eigenvalue weighted by Gasteiger charge is -2.18. The first-order valence-corrected chi connectivity index (χ1v) is 10.0. The molecule has 0 unspecified atom stereocenters. The summed E-state index contributed by atoms with van der Waals surface area (Å²) in [5, 5.41) is 0.455. The normalized spacial score (nSPS) is 11.5. The second-order valence-corrected chi connectivity index (χ2v) is 7.51. The van der Waals surface area contributed by atoms with E-state index in [9.17, 15) is 4.79 Å². The molecule has 0 radical (unpaired) electrons. The molecular weight excluding hydrogens is 394 g/mol. The van der Waals surface area contributed by atoms with E-state index in [2.05, 4.69) is 27.1 Å². The second-order valence-electron chi connectivity index (χ2n) is 7.51. The van der Waals surface area contributed by atoms with E-state index in [1.54, 1.807) is 19.2 Å². The molecule has 0 atom stereocenters. The minimum atomic E-state index is -0.313. The molecule has 1 N–H and O–H groups in total. The van der Waals surface area contributed by atoms with Crippen molar-refractivity contribution in [2.24, 2.45) is 4.99 Å². The van der Waals surface area contributed by atoms with E-state index in [4.69, 9.17) is 9.47 Å². The Labute approximate surface area is 182 Å².